The average molecular weight is 409 g/mol. The first-order valence-corrected chi connectivity index (χ1v) is 4.44. The minimum atomic E-state index is 0. The van der Waals surface area contributed by atoms with E-state index >= 15 is 0 Å². The van der Waals surface area contributed by atoms with Gasteiger partial charge in [-0.05, 0) is 29.0 Å². The van der Waals surface area contributed by atoms with Crippen LogP contribution in [-0.2, 0) is 20.4 Å². The Balaban J connectivity index is 0.000000490. The van der Waals surface area contributed by atoms with Crippen molar-refractivity contribution in [3.05, 3.63) is 5.43 Å². The van der Waals surface area contributed by atoms with Crippen LogP contribution in [0.3, 0.4) is 0 Å². The monoisotopic (exact) mass is 410 g/mol. The van der Waals surface area contributed by atoms with Crippen LogP contribution in [0, 0.1) is 0 Å². The molecule has 0 aromatic carbocycles. The molecule has 8 heavy (non-hydrogen) atoms. The summed E-state index contributed by atoms with van der Waals surface area (Å²) in [7, 11) is 0. The summed E-state index contributed by atoms with van der Waals surface area (Å²) < 4.78 is 1.16. The van der Waals surface area contributed by atoms with E-state index < -0.39 is 0 Å². The minimum Gasteiger partial charge on any atom is -0.610 e. The van der Waals surface area contributed by atoms with Gasteiger partial charge in [-0.25, -0.2) is 0 Å². The van der Waals surface area contributed by atoms with Gasteiger partial charge in [0.2, 0.25) is 0 Å². The second kappa shape index (κ2) is 4.25. The maximum absolute atomic E-state index is 3.96. The van der Waals surface area contributed by atoms with E-state index in [2.05, 4.69) is 33.1 Å². The first-order valence-electron chi connectivity index (χ1n) is 2.21. The molecule has 1 rings (SSSR count). The third-order valence-electron chi connectivity index (χ3n) is 0.827. The molecule has 0 saturated heterocycles. The van der Waals surface area contributed by atoms with Crippen LogP contribution in [-0.4, -0.2) is 24.9 Å². The van der Waals surface area contributed by atoms with Crippen LogP contribution in [0.2, 0.25) is 0 Å². The molecule has 1 unspecified atom stereocenters. The van der Waals surface area contributed by atoms with Crippen molar-refractivity contribution in [1.29, 1.82) is 0 Å². The van der Waals surface area contributed by atoms with Gasteiger partial charge in [-0.3, -0.25) is 0 Å². The summed E-state index contributed by atoms with van der Waals surface area (Å²) in [6.07, 6.45) is 1.10. The fourth-order valence-corrected chi connectivity index (χ4v) is 2.58. The molecule has 0 spiro atoms. The van der Waals surface area contributed by atoms with E-state index in [1.807, 2.05) is 0 Å². The molecule has 5 heteroatoms. The number of rotatable bonds is 0. The van der Waals surface area contributed by atoms with Gasteiger partial charge in [-0.2, -0.15) is 4.90 Å². The average Bonchev–Trinajstić information content (AvgIpc) is 1.87. The Hall–Kier alpha value is 1.39. The van der Waals surface area contributed by atoms with Gasteiger partial charge in [-0.1, -0.05) is 0 Å². The van der Waals surface area contributed by atoms with E-state index in [9.17, 15) is 0 Å². The van der Waals surface area contributed by atoms with Crippen molar-refractivity contribution in [1.82, 2.24) is 0 Å². The Morgan fingerprint density at radius 2 is 2.50 bits per heavy atom. The summed E-state index contributed by atoms with van der Waals surface area (Å²) in [6.45, 7) is 0. The maximum atomic E-state index is 3.96. The van der Waals surface area contributed by atoms with Gasteiger partial charge in [0.25, 0.3) is 0 Å². The summed E-state index contributed by atoms with van der Waals surface area (Å²) in [5.74, 6) is 0. The van der Waals surface area contributed by atoms with Crippen molar-refractivity contribution >= 4 is 42.6 Å². The second-order valence-electron chi connectivity index (χ2n) is 1.64. The minimum absolute atomic E-state index is 0. The van der Waals surface area contributed by atoms with Gasteiger partial charge in [0, 0.05) is 20.4 Å². The Labute approximate surface area is 84.1 Å². The first-order chi connectivity index (χ1) is 3.29. The predicted molar refractivity (Wildman–Crippen MR) is 41.8 cm³/mol. The van der Waals surface area contributed by atoms with E-state index in [1.54, 1.807) is 0 Å². The zero-order chi connectivity index (χ0) is 5.28. The summed E-state index contributed by atoms with van der Waals surface area (Å²) in [6, 6.07) is 0. The van der Waals surface area contributed by atoms with Crippen LogP contribution in [0.1, 0.15) is 6.42 Å². The van der Waals surface area contributed by atoms with E-state index in [-0.39, 0.29) is 20.4 Å². The van der Waals surface area contributed by atoms with Gasteiger partial charge in [0.05, 0.1) is 3.72 Å². The molecule has 2 nitrogen and oxygen atoms in total. The Morgan fingerprint density at radius 1 is 1.88 bits per heavy atom. The molecule has 0 aliphatic carbocycles. The first kappa shape index (κ1) is 9.39. The molecule has 1 aliphatic heterocycles. The van der Waals surface area contributed by atoms with E-state index in [4.69, 9.17) is 0 Å². The van der Waals surface area contributed by atoms with Crippen LogP contribution in [0.25, 0.3) is 5.43 Å². The largest absolute Gasteiger partial charge is 0.610 e. The van der Waals surface area contributed by atoms with Crippen LogP contribution in [0.15, 0.2) is 5.10 Å². The number of hydrogen-bond donors (Lipinski definition) is 0. The van der Waals surface area contributed by atoms with Gasteiger partial charge >= 0.3 is 0 Å². The number of halogens is 1. The Bertz CT molecular complexity index is 107. The van der Waals surface area contributed by atoms with Crippen molar-refractivity contribution in [3.8, 4) is 0 Å². The van der Waals surface area contributed by atoms with Crippen LogP contribution in [0.4, 0.5) is 0 Å². The Kier molecular flexibility index (Phi) is 4.99. The van der Waals surface area contributed by atoms with Gasteiger partial charge in [0.15, 0.2) is 16.3 Å². The summed E-state index contributed by atoms with van der Waals surface area (Å²) in [5.41, 5.74) is 3.96. The molecular weight excluding hydrogens is 404 g/mol. The molecule has 0 aromatic heterocycles. The van der Waals surface area contributed by atoms with Crippen LogP contribution >= 0.6 is 22.6 Å². The van der Waals surface area contributed by atoms with Crippen molar-refractivity contribution in [3.63, 3.8) is 0 Å². The van der Waals surface area contributed by atoms with Crippen molar-refractivity contribution in [2.24, 2.45) is 5.10 Å². The predicted octanol–water partition coefficient (Wildman–Crippen LogP) is 0.469. The Morgan fingerprint density at radius 3 is 2.62 bits per heavy atom. The molecule has 0 amide bonds. The molecule has 45 valence electrons. The fraction of sp³-hybridized carbons (Fsp3) is 0.667. The zero-order valence-electron chi connectivity index (χ0n) is 4.43. The molecule has 1 aliphatic rings. The third kappa shape index (κ3) is 2.80. The topological polar surface area (TPSA) is 26.5 Å². The molecule has 1 radical (unpaired) electrons. The molecule has 0 saturated carbocycles. The molecule has 0 aromatic rings. The SMILES string of the molecule is [AlH2][CH]1CC(I)=N[N-]1.[Re]. The molecule has 0 bridgehead atoms. The van der Waals surface area contributed by atoms with E-state index in [0.29, 0.717) is 4.90 Å². The van der Waals surface area contributed by atoms with Crippen molar-refractivity contribution in [2.75, 3.05) is 0 Å². The van der Waals surface area contributed by atoms with Crippen LogP contribution < -0.4 is 0 Å². The number of hydrogen-bond acceptors (Lipinski definition) is 1. The standard InChI is InChI=1S/C3H3IN2.Al.Re.2H/c4-3-1-2-5-6-3;;;;/h2H,1H2;;;;/q-1;;;;. The van der Waals surface area contributed by atoms with Crippen molar-refractivity contribution in [2.45, 2.75) is 11.3 Å². The fourth-order valence-electron chi connectivity index (χ4n) is 0.487. The van der Waals surface area contributed by atoms with Gasteiger partial charge < -0.3 is 10.5 Å². The molecule has 0 fully saturated rings. The molecular formula is C3H5AlIN2Re-. The second-order valence-corrected chi connectivity index (χ2v) is 4.22. The van der Waals surface area contributed by atoms with Gasteiger partial charge in [0.1, 0.15) is 0 Å². The summed E-state index contributed by atoms with van der Waals surface area (Å²) in [4.78, 5) is 0.576. The van der Waals surface area contributed by atoms with Gasteiger partial charge in [-0.15, -0.1) is 0 Å². The normalized spacial score (nSPS) is 25.6. The molecule has 1 heterocycles. The molecule has 0 N–H and O–H groups in total. The third-order valence-corrected chi connectivity index (χ3v) is 2.12. The van der Waals surface area contributed by atoms with Crippen molar-refractivity contribution < 1.29 is 20.4 Å². The molecule has 1 atom stereocenters. The quantitative estimate of drug-likeness (QED) is 0.411. The summed E-state index contributed by atoms with van der Waals surface area (Å²) >= 11 is 3.38. The smallest absolute Gasteiger partial charge is 0.196 e. The van der Waals surface area contributed by atoms with E-state index in [0.717, 1.165) is 26.4 Å². The number of nitrogens with zero attached hydrogens (tertiary/aromatic N) is 2. The zero-order valence-corrected chi connectivity index (χ0v) is 11.3. The van der Waals surface area contributed by atoms with E-state index in [1.165, 1.54) is 0 Å². The maximum Gasteiger partial charge on any atom is 0.196 e. The summed E-state index contributed by atoms with van der Waals surface area (Å²) in [5, 5.41) is 3.88. The van der Waals surface area contributed by atoms with Crippen LogP contribution in [0.5, 0.6) is 0 Å².